The van der Waals surface area contributed by atoms with Crippen molar-refractivity contribution < 1.29 is 4.79 Å². The summed E-state index contributed by atoms with van der Waals surface area (Å²) in [5.41, 5.74) is 2.61. The van der Waals surface area contributed by atoms with Gasteiger partial charge in [0.1, 0.15) is 5.69 Å². The molecule has 0 unspecified atom stereocenters. The maximum atomic E-state index is 12.7. The molecule has 1 atom stereocenters. The summed E-state index contributed by atoms with van der Waals surface area (Å²) < 4.78 is 1.79. The quantitative estimate of drug-likeness (QED) is 0.754. The van der Waals surface area contributed by atoms with Crippen LogP contribution in [0.2, 0.25) is 0 Å². The average Bonchev–Trinajstić information content (AvgIpc) is 3.13. The van der Waals surface area contributed by atoms with Crippen molar-refractivity contribution in [2.24, 2.45) is 0 Å². The van der Waals surface area contributed by atoms with Crippen LogP contribution in [0.1, 0.15) is 22.1 Å². The van der Waals surface area contributed by atoms with Crippen molar-refractivity contribution in [3.63, 3.8) is 0 Å². The van der Waals surface area contributed by atoms with Crippen molar-refractivity contribution in [1.29, 1.82) is 0 Å². The molecule has 0 aliphatic carbocycles. The van der Waals surface area contributed by atoms with Gasteiger partial charge >= 0.3 is 0 Å². The van der Waals surface area contributed by atoms with Crippen LogP contribution in [0.5, 0.6) is 0 Å². The smallest absolute Gasteiger partial charge is 0.269 e. The molecule has 1 amide bonds. The molecule has 0 radical (unpaired) electrons. The topological polar surface area (TPSA) is 50.2 Å². The van der Waals surface area contributed by atoms with E-state index >= 15 is 0 Å². The summed E-state index contributed by atoms with van der Waals surface area (Å²) in [6, 6.07) is 20.0. The zero-order valence-electron chi connectivity index (χ0n) is 14.5. The van der Waals surface area contributed by atoms with Crippen LogP contribution in [0, 0.1) is 0 Å². The number of hydrogen-bond acceptors (Lipinski definition) is 3. The molecule has 0 spiro atoms. The predicted molar refractivity (Wildman–Crippen MR) is 98.8 cm³/mol. The second kappa shape index (κ2) is 7.77. The summed E-state index contributed by atoms with van der Waals surface area (Å²) in [6.07, 6.45) is 3.25. The van der Waals surface area contributed by atoms with E-state index in [1.165, 1.54) is 5.56 Å². The molecule has 0 saturated carbocycles. The van der Waals surface area contributed by atoms with E-state index < -0.39 is 0 Å². The molecule has 2 aromatic carbocycles. The van der Waals surface area contributed by atoms with Gasteiger partial charge in [0, 0.05) is 12.2 Å². The standard InChI is InChI=1S/C20H22N4O/c1-23(2)18(16-9-5-3-6-10-16)14-22-20(25)19-13-21-15-24(19)17-11-7-4-8-12-17/h3-13,15,18H,14H2,1-2H3,(H,22,25)/t18-/m0/s1. The fourth-order valence-electron chi connectivity index (χ4n) is 2.81. The Hall–Kier alpha value is -2.92. The monoisotopic (exact) mass is 334 g/mol. The number of likely N-dealkylation sites (N-methyl/N-ethyl adjacent to an activating group) is 1. The molecule has 5 nitrogen and oxygen atoms in total. The van der Waals surface area contributed by atoms with Crippen molar-refractivity contribution in [2.75, 3.05) is 20.6 Å². The lowest BCUT2D eigenvalue weighted by Crippen LogP contribution is -2.35. The number of nitrogens with one attached hydrogen (secondary N) is 1. The zero-order valence-corrected chi connectivity index (χ0v) is 14.5. The maximum Gasteiger partial charge on any atom is 0.269 e. The number of hydrogen-bond donors (Lipinski definition) is 1. The summed E-state index contributed by atoms with van der Waals surface area (Å²) in [7, 11) is 4.02. The molecule has 25 heavy (non-hydrogen) atoms. The van der Waals surface area contributed by atoms with E-state index in [9.17, 15) is 4.79 Å². The number of nitrogens with zero attached hydrogens (tertiary/aromatic N) is 3. The highest BCUT2D eigenvalue weighted by Gasteiger charge is 2.18. The van der Waals surface area contributed by atoms with E-state index in [4.69, 9.17) is 0 Å². The molecule has 0 saturated heterocycles. The van der Waals surface area contributed by atoms with E-state index in [1.54, 1.807) is 17.1 Å². The summed E-state index contributed by atoms with van der Waals surface area (Å²) in [5, 5.41) is 3.03. The highest BCUT2D eigenvalue weighted by molar-refractivity contribution is 5.93. The number of imidazole rings is 1. The summed E-state index contributed by atoms with van der Waals surface area (Å²) in [4.78, 5) is 18.9. The predicted octanol–water partition coefficient (Wildman–Crippen LogP) is 2.91. The lowest BCUT2D eigenvalue weighted by Gasteiger charge is -2.25. The molecule has 3 rings (SSSR count). The fraction of sp³-hybridized carbons (Fsp3) is 0.200. The molecule has 128 valence electrons. The Morgan fingerprint density at radius 3 is 2.36 bits per heavy atom. The highest BCUT2D eigenvalue weighted by Crippen LogP contribution is 2.17. The second-order valence-corrected chi connectivity index (χ2v) is 6.08. The number of rotatable bonds is 6. The lowest BCUT2D eigenvalue weighted by atomic mass is 10.1. The van der Waals surface area contributed by atoms with Gasteiger partial charge in [-0.15, -0.1) is 0 Å². The third-order valence-electron chi connectivity index (χ3n) is 4.17. The average molecular weight is 334 g/mol. The van der Waals surface area contributed by atoms with Gasteiger partial charge in [-0.25, -0.2) is 4.98 Å². The van der Waals surface area contributed by atoms with Crippen molar-refractivity contribution in [1.82, 2.24) is 19.8 Å². The molecule has 1 heterocycles. The van der Waals surface area contributed by atoms with Crippen molar-refractivity contribution in [2.45, 2.75) is 6.04 Å². The first-order chi connectivity index (χ1) is 12.2. The van der Waals surface area contributed by atoms with E-state index in [1.807, 2.05) is 62.6 Å². The van der Waals surface area contributed by atoms with Gasteiger partial charge in [0.05, 0.1) is 18.6 Å². The Morgan fingerprint density at radius 2 is 1.72 bits per heavy atom. The van der Waals surface area contributed by atoms with Gasteiger partial charge in [0.15, 0.2) is 0 Å². The van der Waals surface area contributed by atoms with Crippen LogP contribution >= 0.6 is 0 Å². The molecular weight excluding hydrogens is 312 g/mol. The van der Waals surface area contributed by atoms with E-state index in [0.717, 1.165) is 5.69 Å². The molecule has 1 aromatic heterocycles. The van der Waals surface area contributed by atoms with Crippen LogP contribution in [-0.2, 0) is 0 Å². The van der Waals surface area contributed by atoms with E-state index in [-0.39, 0.29) is 11.9 Å². The molecular formula is C20H22N4O. The molecule has 1 N–H and O–H groups in total. The number of carbonyl (C=O) groups excluding carboxylic acids is 1. The zero-order chi connectivity index (χ0) is 17.6. The Kier molecular flexibility index (Phi) is 5.26. The van der Waals surface area contributed by atoms with Crippen molar-refractivity contribution in [3.05, 3.63) is 84.4 Å². The van der Waals surface area contributed by atoms with Gasteiger partial charge in [0.25, 0.3) is 5.91 Å². The minimum Gasteiger partial charge on any atom is -0.349 e. The van der Waals surface area contributed by atoms with Crippen LogP contribution in [-0.4, -0.2) is 41.0 Å². The van der Waals surface area contributed by atoms with Crippen LogP contribution in [0.25, 0.3) is 5.69 Å². The molecule has 0 aliphatic rings. The lowest BCUT2D eigenvalue weighted by molar-refractivity contribution is 0.0935. The Labute approximate surface area is 147 Å². The first kappa shape index (κ1) is 16.9. The highest BCUT2D eigenvalue weighted by atomic mass is 16.2. The Balaban J connectivity index is 1.74. The Morgan fingerprint density at radius 1 is 1.08 bits per heavy atom. The summed E-state index contributed by atoms with van der Waals surface area (Å²) >= 11 is 0. The first-order valence-corrected chi connectivity index (χ1v) is 8.24. The van der Waals surface area contributed by atoms with Gasteiger partial charge in [0.2, 0.25) is 0 Å². The van der Waals surface area contributed by atoms with Gasteiger partial charge in [-0.3, -0.25) is 9.36 Å². The van der Waals surface area contributed by atoms with E-state index in [0.29, 0.717) is 12.2 Å². The first-order valence-electron chi connectivity index (χ1n) is 8.24. The molecule has 0 aliphatic heterocycles. The summed E-state index contributed by atoms with van der Waals surface area (Å²) in [5.74, 6) is -0.135. The van der Waals surface area contributed by atoms with Crippen molar-refractivity contribution in [3.8, 4) is 5.69 Å². The Bertz CT molecular complexity index is 812. The SMILES string of the molecule is CN(C)[C@@H](CNC(=O)c1cncn1-c1ccccc1)c1ccccc1. The number of para-hydroxylation sites is 1. The fourth-order valence-corrected chi connectivity index (χ4v) is 2.81. The van der Waals surface area contributed by atoms with Gasteiger partial charge in [-0.1, -0.05) is 48.5 Å². The van der Waals surface area contributed by atoms with Crippen LogP contribution < -0.4 is 5.32 Å². The molecule has 0 bridgehead atoms. The second-order valence-electron chi connectivity index (χ2n) is 6.08. The van der Waals surface area contributed by atoms with Crippen LogP contribution in [0.3, 0.4) is 0 Å². The normalized spacial score (nSPS) is 12.1. The molecule has 5 heteroatoms. The minimum absolute atomic E-state index is 0.109. The van der Waals surface area contributed by atoms with Crippen LogP contribution in [0.15, 0.2) is 73.2 Å². The summed E-state index contributed by atoms with van der Waals surface area (Å²) in [6.45, 7) is 0.524. The largest absolute Gasteiger partial charge is 0.349 e. The molecule has 3 aromatic rings. The van der Waals surface area contributed by atoms with Gasteiger partial charge < -0.3 is 10.2 Å². The third kappa shape index (κ3) is 3.95. The number of amides is 1. The van der Waals surface area contributed by atoms with Crippen LogP contribution in [0.4, 0.5) is 0 Å². The minimum atomic E-state index is -0.135. The number of carbonyl (C=O) groups is 1. The van der Waals surface area contributed by atoms with Crippen molar-refractivity contribution >= 4 is 5.91 Å². The van der Waals surface area contributed by atoms with Gasteiger partial charge in [-0.2, -0.15) is 0 Å². The van der Waals surface area contributed by atoms with E-state index in [2.05, 4.69) is 27.3 Å². The van der Waals surface area contributed by atoms with Gasteiger partial charge in [-0.05, 0) is 31.8 Å². The number of aromatic nitrogens is 2. The molecule has 0 fully saturated rings. The maximum absolute atomic E-state index is 12.7. The number of benzene rings is 2. The third-order valence-corrected chi connectivity index (χ3v) is 4.17.